The molecule has 0 spiro atoms. The van der Waals surface area contributed by atoms with E-state index in [9.17, 15) is 15.2 Å². The average Bonchev–Trinajstić information content (AvgIpc) is 3.13. The van der Waals surface area contributed by atoms with Gasteiger partial charge in [-0.25, -0.2) is 4.99 Å². The largest absolute Gasteiger partial charge is 0.494 e. The molecule has 7 heteroatoms. The van der Waals surface area contributed by atoms with Crippen LogP contribution in [0.25, 0.3) is 0 Å². The molecule has 0 aromatic carbocycles. The van der Waals surface area contributed by atoms with E-state index in [4.69, 9.17) is 5.26 Å². The van der Waals surface area contributed by atoms with Gasteiger partial charge in [0, 0.05) is 18.1 Å². The number of hydrogen-bond acceptors (Lipinski definition) is 6. The lowest BCUT2D eigenvalue weighted by atomic mass is 10.1. The van der Waals surface area contributed by atoms with Crippen molar-refractivity contribution in [1.29, 1.82) is 10.5 Å². The van der Waals surface area contributed by atoms with E-state index in [2.05, 4.69) is 11.1 Å². The fourth-order valence-corrected chi connectivity index (χ4v) is 4.10. The molecule has 2 aromatic rings. The summed E-state index contributed by atoms with van der Waals surface area (Å²) in [5, 5.41) is 29.3. The van der Waals surface area contributed by atoms with E-state index in [1.54, 1.807) is 6.92 Å². The summed E-state index contributed by atoms with van der Waals surface area (Å²) in [4.78, 5) is 17.5. The summed E-state index contributed by atoms with van der Waals surface area (Å²) in [6.45, 7) is 1.60. The summed E-state index contributed by atoms with van der Waals surface area (Å²) >= 11 is 1.49. The molecule has 0 radical (unpaired) electrons. The normalized spacial score (nSPS) is 13.0. The maximum atomic E-state index is 12.0. The standard InChI is InChI=1S/C17H14N4O2S/c1-9-11(6-18)16(22)21(2)17(23)13(9)8-20-15-12(7-19)10-4-3-5-14(10)24-15/h8,23H,3-5H2,1-2H3/b20-8+. The van der Waals surface area contributed by atoms with Gasteiger partial charge < -0.3 is 5.11 Å². The van der Waals surface area contributed by atoms with Crippen LogP contribution >= 0.6 is 11.3 Å². The lowest BCUT2D eigenvalue weighted by molar-refractivity contribution is 0.421. The molecule has 0 saturated heterocycles. The van der Waals surface area contributed by atoms with Gasteiger partial charge in [-0.15, -0.1) is 11.3 Å². The average molecular weight is 338 g/mol. The quantitative estimate of drug-likeness (QED) is 0.850. The second kappa shape index (κ2) is 5.95. The van der Waals surface area contributed by atoms with Gasteiger partial charge in [0.15, 0.2) is 0 Å². The zero-order valence-electron chi connectivity index (χ0n) is 13.3. The molecule has 2 heterocycles. The van der Waals surface area contributed by atoms with Crippen molar-refractivity contribution in [2.75, 3.05) is 0 Å². The van der Waals surface area contributed by atoms with Crippen molar-refractivity contribution in [2.45, 2.75) is 26.2 Å². The second-order valence-electron chi connectivity index (χ2n) is 5.62. The van der Waals surface area contributed by atoms with Crippen LogP contribution in [-0.4, -0.2) is 15.9 Å². The first-order valence-electron chi connectivity index (χ1n) is 7.41. The van der Waals surface area contributed by atoms with Crippen LogP contribution in [0.5, 0.6) is 5.88 Å². The monoisotopic (exact) mass is 338 g/mol. The smallest absolute Gasteiger partial charge is 0.271 e. The van der Waals surface area contributed by atoms with Gasteiger partial charge in [0.05, 0.1) is 11.1 Å². The molecule has 0 aliphatic heterocycles. The van der Waals surface area contributed by atoms with Gasteiger partial charge in [-0.3, -0.25) is 9.36 Å². The molecule has 1 aliphatic rings. The van der Waals surface area contributed by atoms with Crippen molar-refractivity contribution in [1.82, 2.24) is 4.57 Å². The Morgan fingerprint density at radius 3 is 2.67 bits per heavy atom. The Kier molecular flexibility index (Phi) is 3.96. The fourth-order valence-electron chi connectivity index (χ4n) is 2.91. The number of pyridine rings is 1. The van der Waals surface area contributed by atoms with Crippen LogP contribution in [0.4, 0.5) is 5.00 Å². The van der Waals surface area contributed by atoms with Gasteiger partial charge in [-0.1, -0.05) is 0 Å². The van der Waals surface area contributed by atoms with Crippen LogP contribution in [0.2, 0.25) is 0 Å². The van der Waals surface area contributed by atoms with Gasteiger partial charge in [0.2, 0.25) is 5.88 Å². The summed E-state index contributed by atoms with van der Waals surface area (Å²) in [6, 6.07) is 4.08. The number of aryl methyl sites for hydroxylation is 1. The lowest BCUT2D eigenvalue weighted by Crippen LogP contribution is -2.22. The minimum Gasteiger partial charge on any atom is -0.494 e. The minimum absolute atomic E-state index is 0.0223. The first-order valence-corrected chi connectivity index (χ1v) is 8.22. The van der Waals surface area contributed by atoms with Crippen molar-refractivity contribution in [3.05, 3.63) is 43.0 Å². The van der Waals surface area contributed by atoms with E-state index < -0.39 is 5.56 Å². The first-order chi connectivity index (χ1) is 11.5. The number of hydrogen-bond donors (Lipinski definition) is 1. The predicted octanol–water partition coefficient (Wildman–Crippen LogP) is 2.44. The number of rotatable bonds is 2. The van der Waals surface area contributed by atoms with E-state index in [1.165, 1.54) is 29.5 Å². The summed E-state index contributed by atoms with van der Waals surface area (Å²) in [7, 11) is 1.40. The van der Waals surface area contributed by atoms with Crippen molar-refractivity contribution in [2.24, 2.45) is 12.0 Å². The number of fused-ring (bicyclic) bond motifs is 1. The maximum absolute atomic E-state index is 12.0. The molecule has 2 aromatic heterocycles. The molecule has 0 fully saturated rings. The molecule has 120 valence electrons. The molecule has 0 bridgehead atoms. The van der Waals surface area contributed by atoms with Crippen LogP contribution < -0.4 is 5.56 Å². The summed E-state index contributed by atoms with van der Waals surface area (Å²) in [6.07, 6.45) is 4.35. The number of thiophene rings is 1. The van der Waals surface area contributed by atoms with Crippen molar-refractivity contribution >= 4 is 22.6 Å². The second-order valence-corrected chi connectivity index (χ2v) is 6.70. The number of aromatic nitrogens is 1. The number of aromatic hydroxyl groups is 1. The molecule has 0 unspecified atom stereocenters. The first kappa shape index (κ1) is 16.0. The third kappa shape index (κ3) is 2.31. The summed E-state index contributed by atoms with van der Waals surface area (Å²) in [5.74, 6) is -0.247. The van der Waals surface area contributed by atoms with Gasteiger partial charge in [-0.05, 0) is 37.3 Å². The Morgan fingerprint density at radius 1 is 1.29 bits per heavy atom. The zero-order chi connectivity index (χ0) is 17.4. The molecule has 0 amide bonds. The highest BCUT2D eigenvalue weighted by Crippen LogP contribution is 2.40. The molecular weight excluding hydrogens is 324 g/mol. The molecular formula is C17H14N4O2S. The van der Waals surface area contributed by atoms with Crippen molar-refractivity contribution in [3.8, 4) is 18.0 Å². The summed E-state index contributed by atoms with van der Waals surface area (Å²) < 4.78 is 1.02. The Bertz CT molecular complexity index is 1020. The van der Waals surface area contributed by atoms with E-state index >= 15 is 0 Å². The fraction of sp³-hybridized carbons (Fsp3) is 0.294. The van der Waals surface area contributed by atoms with Gasteiger partial charge >= 0.3 is 0 Å². The zero-order valence-corrected chi connectivity index (χ0v) is 14.1. The minimum atomic E-state index is -0.544. The topological polar surface area (TPSA) is 102 Å². The van der Waals surface area contributed by atoms with Gasteiger partial charge in [0.25, 0.3) is 5.56 Å². The number of nitrogens with zero attached hydrogens (tertiary/aromatic N) is 4. The highest BCUT2D eigenvalue weighted by Gasteiger charge is 2.22. The van der Waals surface area contributed by atoms with Crippen molar-refractivity contribution in [3.63, 3.8) is 0 Å². The SMILES string of the molecule is Cc1c(/C=N/c2sc3c(c2C#N)CCC3)c(O)n(C)c(=O)c1C#N. The van der Waals surface area contributed by atoms with Crippen molar-refractivity contribution < 1.29 is 5.11 Å². The molecule has 3 rings (SSSR count). The van der Waals surface area contributed by atoms with Crippen LogP contribution in [0.15, 0.2) is 9.79 Å². The van der Waals surface area contributed by atoms with E-state index in [1.807, 2.05) is 6.07 Å². The Morgan fingerprint density at radius 2 is 2.00 bits per heavy atom. The van der Waals surface area contributed by atoms with Crippen LogP contribution in [-0.2, 0) is 19.9 Å². The molecule has 1 N–H and O–H groups in total. The Balaban J connectivity index is 2.12. The van der Waals surface area contributed by atoms with Crippen LogP contribution in [0, 0.1) is 29.6 Å². The molecule has 24 heavy (non-hydrogen) atoms. The van der Waals surface area contributed by atoms with Gasteiger partial charge in [0.1, 0.15) is 22.7 Å². The molecule has 1 aliphatic carbocycles. The molecule has 0 atom stereocenters. The van der Waals surface area contributed by atoms with Crippen LogP contribution in [0.1, 0.15) is 39.1 Å². The number of aliphatic imine (C=N–C) groups is 1. The third-order valence-electron chi connectivity index (χ3n) is 4.29. The van der Waals surface area contributed by atoms with E-state index in [0.717, 1.165) is 29.4 Å². The highest BCUT2D eigenvalue weighted by atomic mass is 32.1. The van der Waals surface area contributed by atoms with E-state index in [-0.39, 0.29) is 11.4 Å². The molecule has 6 nitrogen and oxygen atoms in total. The summed E-state index contributed by atoms with van der Waals surface area (Å²) in [5.41, 5.74) is 1.79. The highest BCUT2D eigenvalue weighted by molar-refractivity contribution is 7.16. The lowest BCUT2D eigenvalue weighted by Gasteiger charge is -2.09. The molecule has 0 saturated carbocycles. The van der Waals surface area contributed by atoms with Crippen LogP contribution in [0.3, 0.4) is 0 Å². The predicted molar refractivity (Wildman–Crippen MR) is 91.1 cm³/mol. The van der Waals surface area contributed by atoms with Gasteiger partial charge in [-0.2, -0.15) is 10.5 Å². The third-order valence-corrected chi connectivity index (χ3v) is 5.49. The van der Waals surface area contributed by atoms with E-state index in [0.29, 0.717) is 21.7 Å². The Labute approximate surface area is 142 Å². The number of nitriles is 2. The maximum Gasteiger partial charge on any atom is 0.271 e. The Hall–Kier alpha value is -2.90.